The molecule has 1 aromatic carbocycles. The van der Waals surface area contributed by atoms with Gasteiger partial charge in [-0.2, -0.15) is 0 Å². The molecule has 2 N–H and O–H groups in total. The molecule has 1 heterocycles. The van der Waals surface area contributed by atoms with Crippen LogP contribution in [0.2, 0.25) is 5.02 Å². The van der Waals surface area contributed by atoms with Crippen molar-refractivity contribution in [2.75, 3.05) is 25.0 Å². The summed E-state index contributed by atoms with van der Waals surface area (Å²) in [5.41, 5.74) is 1.72. The fourth-order valence-corrected chi connectivity index (χ4v) is 2.49. The van der Waals surface area contributed by atoms with Gasteiger partial charge in [0, 0.05) is 30.4 Å². The van der Waals surface area contributed by atoms with E-state index in [0.29, 0.717) is 11.6 Å². The van der Waals surface area contributed by atoms with Gasteiger partial charge in [0.25, 0.3) is 0 Å². The Morgan fingerprint density at radius 1 is 1.58 bits per heavy atom. The minimum absolute atomic E-state index is 0.122. The van der Waals surface area contributed by atoms with Crippen molar-refractivity contribution in [3.8, 4) is 0 Å². The van der Waals surface area contributed by atoms with E-state index in [1.807, 2.05) is 13.0 Å². The van der Waals surface area contributed by atoms with Gasteiger partial charge in [-0.15, -0.1) is 0 Å². The number of carbonyl (C=O) groups excluding carboxylic acids is 1. The quantitative estimate of drug-likeness (QED) is 0.876. The lowest BCUT2D eigenvalue weighted by Gasteiger charge is -2.32. The van der Waals surface area contributed by atoms with Crippen LogP contribution in [-0.4, -0.2) is 35.7 Å². The van der Waals surface area contributed by atoms with Crippen LogP contribution in [0.3, 0.4) is 0 Å². The summed E-state index contributed by atoms with van der Waals surface area (Å²) in [6.07, 6.45) is 1.92. The molecular weight excluding hydrogens is 264 g/mol. The lowest BCUT2D eigenvalue weighted by atomic mass is 9.99. The van der Waals surface area contributed by atoms with E-state index in [1.54, 1.807) is 17.0 Å². The van der Waals surface area contributed by atoms with Gasteiger partial charge >= 0.3 is 6.03 Å². The third-order valence-electron chi connectivity index (χ3n) is 3.51. The van der Waals surface area contributed by atoms with E-state index in [4.69, 9.17) is 11.6 Å². The predicted octanol–water partition coefficient (Wildman–Crippen LogP) is 2.88. The maximum absolute atomic E-state index is 12.2. The number of likely N-dealkylation sites (tertiary alicyclic amines) is 1. The molecule has 0 aromatic heterocycles. The van der Waals surface area contributed by atoms with Crippen molar-refractivity contribution < 1.29 is 9.90 Å². The molecule has 1 aromatic rings. The molecule has 5 heteroatoms. The number of urea groups is 1. The third kappa shape index (κ3) is 3.61. The van der Waals surface area contributed by atoms with Crippen LogP contribution in [0.1, 0.15) is 18.4 Å². The first-order valence-corrected chi connectivity index (χ1v) is 6.91. The molecule has 1 aliphatic heterocycles. The third-order valence-corrected chi connectivity index (χ3v) is 3.74. The summed E-state index contributed by atoms with van der Waals surface area (Å²) >= 11 is 5.93. The molecule has 0 aliphatic carbocycles. The number of aliphatic hydroxyl groups excluding tert-OH is 1. The second-order valence-corrected chi connectivity index (χ2v) is 5.46. The molecule has 1 atom stereocenters. The van der Waals surface area contributed by atoms with E-state index >= 15 is 0 Å². The number of amides is 2. The number of hydrogen-bond acceptors (Lipinski definition) is 2. The molecule has 1 unspecified atom stereocenters. The standard InChI is InChI=1S/C14H19ClN2O2/c1-10-4-5-12(15)7-13(10)16-14(19)17-6-2-3-11(8-17)9-18/h4-5,7,11,18H,2-3,6,8-9H2,1H3,(H,16,19). The first-order valence-electron chi connectivity index (χ1n) is 6.53. The number of nitrogens with zero attached hydrogens (tertiary/aromatic N) is 1. The highest BCUT2D eigenvalue weighted by Crippen LogP contribution is 2.22. The van der Waals surface area contributed by atoms with Gasteiger partial charge in [0.15, 0.2) is 0 Å². The summed E-state index contributed by atoms with van der Waals surface area (Å²) < 4.78 is 0. The van der Waals surface area contributed by atoms with Gasteiger partial charge in [0.05, 0.1) is 0 Å². The summed E-state index contributed by atoms with van der Waals surface area (Å²) in [6.45, 7) is 3.42. The van der Waals surface area contributed by atoms with E-state index in [0.717, 1.165) is 30.6 Å². The fraction of sp³-hybridized carbons (Fsp3) is 0.500. The molecule has 0 spiro atoms. The normalized spacial score (nSPS) is 19.3. The van der Waals surface area contributed by atoms with Crippen molar-refractivity contribution in [2.24, 2.45) is 5.92 Å². The molecule has 1 saturated heterocycles. The Labute approximate surface area is 118 Å². The first kappa shape index (κ1) is 14.2. The van der Waals surface area contributed by atoms with Crippen LogP contribution in [0.15, 0.2) is 18.2 Å². The Kier molecular flexibility index (Phi) is 4.66. The van der Waals surface area contributed by atoms with Crippen molar-refractivity contribution in [2.45, 2.75) is 19.8 Å². The molecule has 1 fully saturated rings. The smallest absolute Gasteiger partial charge is 0.321 e. The number of halogens is 1. The Balaban J connectivity index is 2.02. The number of carbonyl (C=O) groups is 1. The lowest BCUT2D eigenvalue weighted by Crippen LogP contribution is -2.43. The SMILES string of the molecule is Cc1ccc(Cl)cc1NC(=O)N1CCCC(CO)C1. The van der Waals surface area contributed by atoms with Crippen LogP contribution in [0.25, 0.3) is 0 Å². The van der Waals surface area contributed by atoms with Crippen molar-refractivity contribution in [3.05, 3.63) is 28.8 Å². The zero-order chi connectivity index (χ0) is 13.8. The number of aliphatic hydroxyl groups is 1. The van der Waals surface area contributed by atoms with E-state index in [-0.39, 0.29) is 18.6 Å². The predicted molar refractivity (Wildman–Crippen MR) is 76.6 cm³/mol. The maximum atomic E-state index is 12.2. The van der Waals surface area contributed by atoms with E-state index in [2.05, 4.69) is 5.32 Å². The zero-order valence-corrected chi connectivity index (χ0v) is 11.8. The average molecular weight is 283 g/mol. The first-order chi connectivity index (χ1) is 9.10. The molecule has 0 radical (unpaired) electrons. The molecule has 19 heavy (non-hydrogen) atoms. The minimum atomic E-state index is -0.122. The van der Waals surface area contributed by atoms with Gasteiger partial charge in [-0.1, -0.05) is 17.7 Å². The van der Waals surface area contributed by atoms with Crippen LogP contribution < -0.4 is 5.32 Å². The van der Waals surface area contributed by atoms with Gasteiger partial charge < -0.3 is 15.3 Å². The maximum Gasteiger partial charge on any atom is 0.321 e. The van der Waals surface area contributed by atoms with Crippen LogP contribution >= 0.6 is 11.6 Å². The molecule has 2 rings (SSSR count). The number of benzene rings is 1. The van der Waals surface area contributed by atoms with Crippen LogP contribution in [0.4, 0.5) is 10.5 Å². The summed E-state index contributed by atoms with van der Waals surface area (Å²) in [7, 11) is 0. The zero-order valence-electron chi connectivity index (χ0n) is 11.0. The van der Waals surface area contributed by atoms with Gasteiger partial charge in [0.1, 0.15) is 0 Å². The molecule has 0 saturated carbocycles. The van der Waals surface area contributed by atoms with Crippen LogP contribution in [-0.2, 0) is 0 Å². The molecule has 4 nitrogen and oxygen atoms in total. The topological polar surface area (TPSA) is 52.6 Å². The second-order valence-electron chi connectivity index (χ2n) is 5.03. The van der Waals surface area contributed by atoms with Gasteiger partial charge in [-0.05, 0) is 43.4 Å². The number of nitrogens with one attached hydrogen (secondary N) is 1. The number of rotatable bonds is 2. The number of anilines is 1. The molecule has 0 bridgehead atoms. The minimum Gasteiger partial charge on any atom is -0.396 e. The monoisotopic (exact) mass is 282 g/mol. The molecule has 2 amide bonds. The summed E-state index contributed by atoms with van der Waals surface area (Å²) in [5.74, 6) is 0.194. The van der Waals surface area contributed by atoms with Gasteiger partial charge in [0.2, 0.25) is 0 Å². The molecule has 104 valence electrons. The van der Waals surface area contributed by atoms with Crippen molar-refractivity contribution in [1.29, 1.82) is 0 Å². The van der Waals surface area contributed by atoms with Gasteiger partial charge in [-0.25, -0.2) is 4.79 Å². The Bertz CT molecular complexity index is 465. The number of piperidine rings is 1. The highest BCUT2D eigenvalue weighted by molar-refractivity contribution is 6.31. The fourth-order valence-electron chi connectivity index (χ4n) is 2.32. The Hall–Kier alpha value is -1.26. The van der Waals surface area contributed by atoms with Crippen LogP contribution in [0.5, 0.6) is 0 Å². The van der Waals surface area contributed by atoms with Gasteiger partial charge in [-0.3, -0.25) is 0 Å². The highest BCUT2D eigenvalue weighted by Gasteiger charge is 2.23. The number of aryl methyl sites for hydroxylation is 1. The number of hydrogen-bond donors (Lipinski definition) is 2. The van der Waals surface area contributed by atoms with E-state index in [1.165, 1.54) is 0 Å². The average Bonchev–Trinajstić information content (AvgIpc) is 2.43. The van der Waals surface area contributed by atoms with Crippen LogP contribution in [0, 0.1) is 12.8 Å². The second kappa shape index (κ2) is 6.26. The van der Waals surface area contributed by atoms with E-state index < -0.39 is 0 Å². The summed E-state index contributed by atoms with van der Waals surface area (Å²) in [6, 6.07) is 5.31. The van der Waals surface area contributed by atoms with E-state index in [9.17, 15) is 9.90 Å². The Morgan fingerprint density at radius 3 is 3.11 bits per heavy atom. The van der Waals surface area contributed by atoms with Crippen molar-refractivity contribution in [3.63, 3.8) is 0 Å². The highest BCUT2D eigenvalue weighted by atomic mass is 35.5. The Morgan fingerprint density at radius 2 is 2.37 bits per heavy atom. The van der Waals surface area contributed by atoms with Crippen molar-refractivity contribution >= 4 is 23.3 Å². The summed E-state index contributed by atoms with van der Waals surface area (Å²) in [5, 5.41) is 12.7. The molecule has 1 aliphatic rings. The van der Waals surface area contributed by atoms with Crippen molar-refractivity contribution in [1.82, 2.24) is 4.90 Å². The molecular formula is C14H19ClN2O2. The lowest BCUT2D eigenvalue weighted by molar-refractivity contribution is 0.136. The largest absolute Gasteiger partial charge is 0.396 e. The summed E-state index contributed by atoms with van der Waals surface area (Å²) in [4.78, 5) is 13.9.